The maximum absolute atomic E-state index is 14.5. The summed E-state index contributed by atoms with van der Waals surface area (Å²) in [7, 11) is 0. The first-order valence-electron chi connectivity index (χ1n) is 16.8. The summed E-state index contributed by atoms with van der Waals surface area (Å²) in [5.74, 6) is 1.24. The third-order valence-electron chi connectivity index (χ3n) is 9.34. The molecule has 7 heteroatoms. The summed E-state index contributed by atoms with van der Waals surface area (Å²) >= 11 is 1.53. The van der Waals surface area contributed by atoms with Gasteiger partial charge in [-0.2, -0.15) is 0 Å². The molecular weight excluding hydrogens is 639 g/mol. The van der Waals surface area contributed by atoms with Gasteiger partial charge >= 0.3 is 0 Å². The number of hydrogen-bond acceptors (Lipinski definition) is 7. The van der Waals surface area contributed by atoms with E-state index >= 15 is 0 Å². The van der Waals surface area contributed by atoms with Crippen LogP contribution in [-0.4, -0.2) is 20.9 Å². The molecule has 8 rings (SSSR count). The normalized spacial score (nSPS) is 12.7. The number of carbonyl (C=O) groups is 1. The number of pyridine rings is 1. The van der Waals surface area contributed by atoms with E-state index in [1.807, 2.05) is 78.9 Å². The van der Waals surface area contributed by atoms with Gasteiger partial charge in [0.2, 0.25) is 0 Å². The first-order chi connectivity index (χ1) is 24.0. The predicted octanol–water partition coefficient (Wildman–Crippen LogP) is 11.7. The molecule has 1 aliphatic rings. The van der Waals surface area contributed by atoms with E-state index < -0.39 is 0 Å². The second-order valence-electron chi connectivity index (χ2n) is 14.8. The topological polar surface area (TPSA) is 84.3 Å². The van der Waals surface area contributed by atoms with E-state index in [1.54, 1.807) is 18.3 Å². The molecule has 2 N–H and O–H groups in total. The van der Waals surface area contributed by atoms with Gasteiger partial charge in [0.15, 0.2) is 10.9 Å². The van der Waals surface area contributed by atoms with Gasteiger partial charge in [0.05, 0.1) is 27.2 Å². The van der Waals surface area contributed by atoms with E-state index in [1.165, 1.54) is 16.9 Å². The molecule has 0 saturated carbocycles. The molecule has 1 aliphatic carbocycles. The Labute approximate surface area is 295 Å². The van der Waals surface area contributed by atoms with Gasteiger partial charge in [0, 0.05) is 39.7 Å². The minimum absolute atomic E-state index is 0.0115. The largest absolute Gasteiger partial charge is 0.507 e. The third-order valence-corrected chi connectivity index (χ3v) is 10.3. The highest BCUT2D eigenvalue weighted by Gasteiger charge is 2.33. The predicted molar refractivity (Wildman–Crippen MR) is 204 cm³/mol. The average Bonchev–Trinajstić information content (AvgIpc) is 3.49. The Morgan fingerprint density at radius 1 is 0.800 bits per heavy atom. The van der Waals surface area contributed by atoms with Crippen molar-refractivity contribution in [2.24, 2.45) is 5.41 Å². The minimum atomic E-state index is -0.104. The van der Waals surface area contributed by atoms with Crippen LogP contribution in [0.3, 0.4) is 0 Å². The number of para-hydroxylation sites is 2. The van der Waals surface area contributed by atoms with Gasteiger partial charge in [0.1, 0.15) is 17.2 Å². The fourth-order valence-electron chi connectivity index (χ4n) is 7.54. The van der Waals surface area contributed by atoms with Crippen molar-refractivity contribution in [2.45, 2.75) is 46.5 Å². The number of aromatic hydroxyl groups is 1. The first-order valence-corrected chi connectivity index (χ1v) is 17.6. The van der Waals surface area contributed by atoms with Gasteiger partial charge in [-0.1, -0.05) is 107 Å². The van der Waals surface area contributed by atoms with Gasteiger partial charge in [0.25, 0.3) is 0 Å². The van der Waals surface area contributed by atoms with Crippen molar-refractivity contribution >= 4 is 48.9 Å². The second-order valence-corrected chi connectivity index (χ2v) is 15.8. The van der Waals surface area contributed by atoms with Crippen LogP contribution in [0.15, 0.2) is 109 Å². The molecule has 0 bridgehead atoms. The quantitative estimate of drug-likeness (QED) is 0.175. The van der Waals surface area contributed by atoms with Gasteiger partial charge in [-0.3, -0.25) is 9.78 Å². The smallest absolute Gasteiger partial charge is 0.196 e. The highest BCUT2D eigenvalue weighted by atomic mass is 32.1. The third kappa shape index (κ3) is 5.57. The molecule has 7 aromatic rings. The monoisotopic (exact) mass is 675 g/mol. The van der Waals surface area contributed by atoms with Crippen molar-refractivity contribution in [1.82, 2.24) is 9.97 Å². The number of nitrogens with one attached hydrogen (secondary N) is 1. The lowest BCUT2D eigenvalue weighted by Crippen LogP contribution is -2.24. The zero-order valence-electron chi connectivity index (χ0n) is 28.7. The van der Waals surface area contributed by atoms with Crippen LogP contribution in [0.4, 0.5) is 10.8 Å². The number of hydrogen-bond donors (Lipinski definition) is 2. The Morgan fingerprint density at radius 3 is 2.20 bits per heavy atom. The Balaban J connectivity index is 1.35. The molecule has 248 valence electrons. The summed E-state index contributed by atoms with van der Waals surface area (Å²) in [4.78, 5) is 24.3. The highest BCUT2D eigenvalue weighted by Crippen LogP contribution is 2.51. The Morgan fingerprint density at radius 2 is 1.48 bits per heavy atom. The number of rotatable bonds is 7. The summed E-state index contributed by atoms with van der Waals surface area (Å²) in [5.41, 5.74) is 6.67. The molecule has 0 radical (unpaired) electrons. The van der Waals surface area contributed by atoms with Crippen LogP contribution in [-0.2, 0) is 5.41 Å². The number of aromatic nitrogens is 2. The number of phenolic OH excluding ortho intramolecular Hbond substituents is 1. The number of ketones is 1. The molecule has 0 fully saturated rings. The number of thiazole rings is 1. The summed E-state index contributed by atoms with van der Waals surface area (Å²) in [6.07, 6.45) is 2.79. The molecular formula is C43H37N3O3S. The maximum atomic E-state index is 14.5. The van der Waals surface area contributed by atoms with Crippen molar-refractivity contribution in [2.75, 3.05) is 5.32 Å². The molecule has 50 heavy (non-hydrogen) atoms. The lowest BCUT2D eigenvalue weighted by molar-refractivity contribution is 0.104. The minimum Gasteiger partial charge on any atom is -0.507 e. The molecule has 6 nitrogen and oxygen atoms in total. The van der Waals surface area contributed by atoms with E-state index in [0.29, 0.717) is 55.5 Å². The standard InChI is InChI=1S/C43H37N3O3S/c1-42(2,3)24-43(4,5)25-18-20-26(21-19-25)49-34-22-32(46-41-45-31-15-9-11-17-35(31)50-41)38-36-30(34)23-44-39(29-14-8-10-16-33(29)47)37(36)27-12-6-7-13-28(27)40(38)48/h6-23,47H,24H2,1-5H3,(H,45,46). The molecule has 0 saturated heterocycles. The van der Waals surface area contributed by atoms with Crippen molar-refractivity contribution in [3.8, 4) is 39.6 Å². The van der Waals surface area contributed by atoms with Gasteiger partial charge in [-0.15, -0.1) is 0 Å². The fourth-order valence-corrected chi connectivity index (χ4v) is 8.41. The number of nitrogens with zero attached hydrogens (tertiary/aromatic N) is 2. The van der Waals surface area contributed by atoms with Crippen molar-refractivity contribution in [3.05, 3.63) is 126 Å². The number of ether oxygens (including phenoxy) is 1. The van der Waals surface area contributed by atoms with Crippen molar-refractivity contribution in [1.29, 1.82) is 0 Å². The summed E-state index contributed by atoms with van der Waals surface area (Å²) in [5, 5.41) is 16.6. The Hall–Kier alpha value is -5.53. The van der Waals surface area contributed by atoms with Crippen LogP contribution in [0.1, 0.15) is 62.5 Å². The van der Waals surface area contributed by atoms with Crippen LogP contribution in [0.5, 0.6) is 17.2 Å². The average molecular weight is 676 g/mol. The van der Waals surface area contributed by atoms with Crippen LogP contribution in [0.25, 0.3) is 43.4 Å². The number of carbonyl (C=O) groups excluding carboxylic acids is 1. The van der Waals surface area contributed by atoms with Crippen LogP contribution >= 0.6 is 11.3 Å². The molecule has 2 aromatic heterocycles. The van der Waals surface area contributed by atoms with E-state index in [9.17, 15) is 9.90 Å². The molecule has 0 atom stereocenters. The van der Waals surface area contributed by atoms with Gasteiger partial charge in [-0.25, -0.2) is 4.98 Å². The SMILES string of the molecule is CC(C)(C)CC(C)(C)c1ccc(Oc2cc(Nc3nc4ccccc4s3)c3c4c(c(-c5ccccc5O)ncc24)-c2ccccc2C3=O)cc1. The van der Waals surface area contributed by atoms with Gasteiger partial charge in [-0.05, 0) is 64.8 Å². The van der Waals surface area contributed by atoms with Crippen LogP contribution in [0, 0.1) is 5.41 Å². The summed E-state index contributed by atoms with van der Waals surface area (Å²) < 4.78 is 7.75. The fraction of sp³-hybridized carbons (Fsp3) is 0.186. The van der Waals surface area contributed by atoms with E-state index in [2.05, 4.69) is 52.1 Å². The Kier molecular flexibility index (Phi) is 7.49. The van der Waals surface area contributed by atoms with E-state index in [-0.39, 0.29) is 22.4 Å². The number of phenols is 1. The van der Waals surface area contributed by atoms with E-state index in [0.717, 1.165) is 27.8 Å². The van der Waals surface area contributed by atoms with Crippen LogP contribution in [0.2, 0.25) is 0 Å². The molecule has 0 spiro atoms. The zero-order valence-corrected chi connectivity index (χ0v) is 29.5. The molecule has 0 aliphatic heterocycles. The lowest BCUT2D eigenvalue weighted by atomic mass is 9.72. The lowest BCUT2D eigenvalue weighted by Gasteiger charge is -2.33. The maximum Gasteiger partial charge on any atom is 0.196 e. The second kappa shape index (κ2) is 11.8. The highest BCUT2D eigenvalue weighted by molar-refractivity contribution is 7.22. The van der Waals surface area contributed by atoms with Crippen molar-refractivity contribution < 1.29 is 14.6 Å². The van der Waals surface area contributed by atoms with Crippen molar-refractivity contribution in [3.63, 3.8) is 0 Å². The number of fused-ring (bicyclic) bond motifs is 3. The Bertz CT molecular complexity index is 2420. The number of anilines is 2. The molecule has 2 heterocycles. The zero-order chi connectivity index (χ0) is 34.8. The summed E-state index contributed by atoms with van der Waals surface area (Å²) in [6.45, 7) is 11.4. The molecule has 5 aromatic carbocycles. The molecule has 0 amide bonds. The summed E-state index contributed by atoms with van der Waals surface area (Å²) in [6, 6.07) is 32.9. The first kappa shape index (κ1) is 31.7. The number of benzene rings is 5. The van der Waals surface area contributed by atoms with Crippen LogP contribution < -0.4 is 10.1 Å². The molecule has 0 unspecified atom stereocenters. The van der Waals surface area contributed by atoms with E-state index in [4.69, 9.17) is 14.7 Å². The van der Waals surface area contributed by atoms with Gasteiger partial charge < -0.3 is 15.2 Å².